The number of rotatable bonds is 6. The maximum Gasteiger partial charge on any atom is 0.173 e. The Labute approximate surface area is 101 Å². The first-order chi connectivity index (χ1) is 8.22. The Morgan fingerprint density at radius 3 is 2.71 bits per heavy atom. The van der Waals surface area contributed by atoms with Gasteiger partial charge in [0.15, 0.2) is 6.29 Å². The van der Waals surface area contributed by atoms with Crippen LogP contribution in [0, 0.1) is 0 Å². The van der Waals surface area contributed by atoms with Gasteiger partial charge in [-0.3, -0.25) is 0 Å². The summed E-state index contributed by atoms with van der Waals surface area (Å²) in [7, 11) is 3.19. The fourth-order valence-electron chi connectivity index (χ4n) is 1.55. The molecule has 0 saturated heterocycles. The van der Waals surface area contributed by atoms with Crippen molar-refractivity contribution in [1.29, 1.82) is 0 Å². The summed E-state index contributed by atoms with van der Waals surface area (Å²) in [5, 5.41) is 3.13. The molecule has 3 N–H and O–H groups in total. The number of methoxy groups -OCH3 is 2. The molecule has 6 heteroatoms. The fraction of sp³-hybridized carbons (Fsp3) is 0.636. The van der Waals surface area contributed by atoms with E-state index in [0.717, 1.165) is 24.5 Å². The van der Waals surface area contributed by atoms with E-state index in [2.05, 4.69) is 15.3 Å². The first kappa shape index (κ1) is 12.1. The molecule has 0 aromatic carbocycles. The van der Waals surface area contributed by atoms with Crippen molar-refractivity contribution in [2.45, 2.75) is 25.0 Å². The zero-order chi connectivity index (χ0) is 12.3. The van der Waals surface area contributed by atoms with E-state index < -0.39 is 0 Å². The van der Waals surface area contributed by atoms with Crippen LogP contribution in [0.3, 0.4) is 0 Å². The topological polar surface area (TPSA) is 82.3 Å². The van der Waals surface area contributed by atoms with Gasteiger partial charge < -0.3 is 20.5 Å². The quantitative estimate of drug-likeness (QED) is 0.718. The first-order valence-electron chi connectivity index (χ1n) is 5.67. The minimum Gasteiger partial charge on any atom is -0.384 e. The molecular weight excluding hydrogens is 220 g/mol. The fourth-order valence-corrected chi connectivity index (χ4v) is 1.55. The Kier molecular flexibility index (Phi) is 3.75. The maximum atomic E-state index is 5.74. The summed E-state index contributed by atoms with van der Waals surface area (Å²) in [4.78, 5) is 8.65. The summed E-state index contributed by atoms with van der Waals surface area (Å²) in [5.41, 5.74) is 5.74. The third-order valence-corrected chi connectivity index (χ3v) is 2.68. The Balaban J connectivity index is 1.99. The summed E-state index contributed by atoms with van der Waals surface area (Å²) in [6.45, 7) is 0.521. The minimum atomic E-state index is -0.296. The van der Waals surface area contributed by atoms with Crippen LogP contribution >= 0.6 is 0 Å². The van der Waals surface area contributed by atoms with Gasteiger partial charge in [0.1, 0.15) is 17.5 Å². The predicted molar refractivity (Wildman–Crippen MR) is 64.7 cm³/mol. The average Bonchev–Trinajstić information content (AvgIpc) is 3.13. The van der Waals surface area contributed by atoms with E-state index in [1.54, 1.807) is 20.3 Å². The molecule has 6 nitrogen and oxygen atoms in total. The largest absolute Gasteiger partial charge is 0.384 e. The Morgan fingerprint density at radius 1 is 1.41 bits per heavy atom. The second-order valence-electron chi connectivity index (χ2n) is 4.09. The van der Waals surface area contributed by atoms with Crippen molar-refractivity contribution in [3.63, 3.8) is 0 Å². The molecule has 1 aromatic rings. The minimum absolute atomic E-state index is 0.296. The van der Waals surface area contributed by atoms with Crippen LogP contribution in [0.1, 0.15) is 24.6 Å². The van der Waals surface area contributed by atoms with Gasteiger partial charge in [-0.25, -0.2) is 9.97 Å². The van der Waals surface area contributed by atoms with Crippen molar-refractivity contribution < 1.29 is 9.47 Å². The number of aromatic nitrogens is 2. The number of ether oxygens (including phenoxy) is 2. The van der Waals surface area contributed by atoms with Crippen molar-refractivity contribution in [3.05, 3.63) is 11.9 Å². The summed E-state index contributed by atoms with van der Waals surface area (Å²) in [5.74, 6) is 2.54. The molecule has 1 heterocycles. The molecule has 94 valence electrons. The molecule has 2 rings (SSSR count). The number of hydrogen-bond donors (Lipinski definition) is 2. The number of nitrogen functional groups attached to an aromatic ring is 1. The van der Waals surface area contributed by atoms with Crippen LogP contribution in [0.2, 0.25) is 0 Å². The van der Waals surface area contributed by atoms with Crippen LogP contribution < -0.4 is 11.1 Å². The molecule has 0 bridgehead atoms. The van der Waals surface area contributed by atoms with Gasteiger partial charge in [0.2, 0.25) is 0 Å². The van der Waals surface area contributed by atoms with Gasteiger partial charge in [-0.2, -0.15) is 0 Å². The highest BCUT2D eigenvalue weighted by atomic mass is 16.7. The number of anilines is 2. The van der Waals surface area contributed by atoms with Gasteiger partial charge in [0, 0.05) is 26.2 Å². The Bertz CT molecular complexity index is 378. The SMILES string of the molecule is COC(CNc1cc(N)nc(C2CC2)n1)OC. The summed E-state index contributed by atoms with van der Waals surface area (Å²) >= 11 is 0. The summed E-state index contributed by atoms with van der Waals surface area (Å²) in [6.07, 6.45) is 2.01. The zero-order valence-corrected chi connectivity index (χ0v) is 10.1. The molecule has 0 unspecified atom stereocenters. The second-order valence-corrected chi connectivity index (χ2v) is 4.09. The normalized spacial score (nSPS) is 15.2. The number of nitrogens with two attached hydrogens (primary N) is 1. The van der Waals surface area contributed by atoms with E-state index in [1.807, 2.05) is 0 Å². The predicted octanol–water partition coefficient (Wildman–Crippen LogP) is 0.967. The molecule has 0 aliphatic heterocycles. The van der Waals surface area contributed by atoms with E-state index in [9.17, 15) is 0 Å². The second kappa shape index (κ2) is 5.29. The van der Waals surface area contributed by atoms with Crippen LogP contribution in [0.15, 0.2) is 6.07 Å². The van der Waals surface area contributed by atoms with E-state index in [4.69, 9.17) is 15.2 Å². The molecule has 1 saturated carbocycles. The van der Waals surface area contributed by atoms with E-state index in [1.165, 1.54) is 0 Å². The van der Waals surface area contributed by atoms with E-state index in [-0.39, 0.29) is 6.29 Å². The first-order valence-corrected chi connectivity index (χ1v) is 5.67. The highest BCUT2D eigenvalue weighted by Gasteiger charge is 2.27. The van der Waals surface area contributed by atoms with Gasteiger partial charge in [0.05, 0.1) is 6.54 Å². The molecule has 1 aliphatic carbocycles. The lowest BCUT2D eigenvalue weighted by Crippen LogP contribution is -2.24. The third kappa shape index (κ3) is 3.28. The smallest absolute Gasteiger partial charge is 0.173 e. The van der Waals surface area contributed by atoms with Gasteiger partial charge in [-0.1, -0.05) is 0 Å². The molecule has 0 spiro atoms. The maximum absolute atomic E-state index is 5.74. The van der Waals surface area contributed by atoms with E-state index >= 15 is 0 Å². The molecule has 0 amide bonds. The van der Waals surface area contributed by atoms with Crippen LogP contribution in [-0.4, -0.2) is 37.0 Å². The monoisotopic (exact) mass is 238 g/mol. The van der Waals surface area contributed by atoms with Crippen LogP contribution in [-0.2, 0) is 9.47 Å². The third-order valence-electron chi connectivity index (χ3n) is 2.68. The van der Waals surface area contributed by atoms with Gasteiger partial charge in [-0.05, 0) is 12.8 Å². The summed E-state index contributed by atoms with van der Waals surface area (Å²) < 4.78 is 10.2. The molecule has 1 aromatic heterocycles. The lowest BCUT2D eigenvalue weighted by Gasteiger charge is -2.14. The van der Waals surface area contributed by atoms with Gasteiger partial charge in [-0.15, -0.1) is 0 Å². The molecule has 0 radical (unpaired) electrons. The highest BCUT2D eigenvalue weighted by Crippen LogP contribution is 2.38. The van der Waals surface area contributed by atoms with Gasteiger partial charge in [0.25, 0.3) is 0 Å². The Hall–Kier alpha value is -1.40. The number of nitrogens with one attached hydrogen (secondary N) is 1. The number of hydrogen-bond acceptors (Lipinski definition) is 6. The van der Waals surface area contributed by atoms with Crippen molar-refractivity contribution in [2.75, 3.05) is 31.8 Å². The van der Waals surface area contributed by atoms with Crippen molar-refractivity contribution in [1.82, 2.24) is 9.97 Å². The van der Waals surface area contributed by atoms with Crippen LogP contribution in [0.25, 0.3) is 0 Å². The molecule has 1 aliphatic rings. The summed E-state index contributed by atoms with van der Waals surface area (Å²) in [6, 6.07) is 1.72. The Morgan fingerprint density at radius 2 is 2.12 bits per heavy atom. The molecule has 1 fully saturated rings. The molecule has 17 heavy (non-hydrogen) atoms. The molecule has 0 atom stereocenters. The lowest BCUT2D eigenvalue weighted by molar-refractivity contribution is -0.0914. The van der Waals surface area contributed by atoms with Crippen molar-refractivity contribution >= 4 is 11.6 Å². The number of nitrogens with zero attached hydrogens (tertiary/aromatic N) is 2. The van der Waals surface area contributed by atoms with Crippen LogP contribution in [0.4, 0.5) is 11.6 Å². The van der Waals surface area contributed by atoms with Crippen LogP contribution in [0.5, 0.6) is 0 Å². The lowest BCUT2D eigenvalue weighted by atomic mass is 10.4. The standard InChI is InChI=1S/C11H18N4O2/c1-16-10(17-2)6-13-9-5-8(12)14-11(15-9)7-3-4-7/h5,7,10H,3-4,6H2,1-2H3,(H3,12,13,14,15). The highest BCUT2D eigenvalue weighted by molar-refractivity contribution is 5.45. The van der Waals surface area contributed by atoms with Gasteiger partial charge >= 0.3 is 0 Å². The van der Waals surface area contributed by atoms with E-state index in [0.29, 0.717) is 18.3 Å². The average molecular weight is 238 g/mol. The van der Waals surface area contributed by atoms with Crippen molar-refractivity contribution in [3.8, 4) is 0 Å². The zero-order valence-electron chi connectivity index (χ0n) is 10.1. The molecular formula is C11H18N4O2. The van der Waals surface area contributed by atoms with Crippen molar-refractivity contribution in [2.24, 2.45) is 0 Å².